The molecule has 0 saturated carbocycles. The topological polar surface area (TPSA) is 17.8 Å². The Morgan fingerprint density at radius 3 is 2.54 bits per heavy atom. The second-order valence-electron chi connectivity index (χ2n) is 7.15. The molecule has 26 heavy (non-hydrogen) atoms. The highest BCUT2D eigenvalue weighted by Gasteiger charge is 2.20. The molecule has 0 unspecified atom stereocenters. The standard InChI is InChI=1S/C22H22F2N2/c1-4-22(2,3)13-21-25-20(18-12-17(23)10-11-19(18)24)15-26(21)14-16-8-6-5-7-9-16/h4-12,15H,1,13-14H2,2-3H3. The maximum absolute atomic E-state index is 14.2. The van der Waals surface area contributed by atoms with Crippen molar-refractivity contribution >= 4 is 0 Å². The number of hydrogen-bond donors (Lipinski definition) is 0. The average Bonchev–Trinajstić information content (AvgIpc) is 2.99. The molecule has 0 bridgehead atoms. The summed E-state index contributed by atoms with van der Waals surface area (Å²) in [5, 5.41) is 0. The van der Waals surface area contributed by atoms with Crippen molar-refractivity contribution in [2.75, 3.05) is 0 Å². The van der Waals surface area contributed by atoms with Gasteiger partial charge in [-0.25, -0.2) is 13.8 Å². The quantitative estimate of drug-likeness (QED) is 0.526. The van der Waals surface area contributed by atoms with Crippen molar-refractivity contribution in [3.63, 3.8) is 0 Å². The van der Waals surface area contributed by atoms with E-state index < -0.39 is 11.6 Å². The van der Waals surface area contributed by atoms with Crippen LogP contribution in [0, 0.1) is 17.0 Å². The maximum atomic E-state index is 14.2. The van der Waals surface area contributed by atoms with Gasteiger partial charge in [-0.2, -0.15) is 0 Å². The summed E-state index contributed by atoms with van der Waals surface area (Å²) >= 11 is 0. The van der Waals surface area contributed by atoms with E-state index in [0.717, 1.165) is 23.5 Å². The van der Waals surface area contributed by atoms with Crippen LogP contribution in [0.4, 0.5) is 8.78 Å². The molecule has 2 nitrogen and oxygen atoms in total. The van der Waals surface area contributed by atoms with Crippen LogP contribution < -0.4 is 0 Å². The van der Waals surface area contributed by atoms with Gasteiger partial charge in [0, 0.05) is 24.7 Å². The molecule has 0 saturated heterocycles. The summed E-state index contributed by atoms with van der Waals surface area (Å²) in [5.74, 6) is -0.144. The van der Waals surface area contributed by atoms with E-state index in [0.29, 0.717) is 18.7 Å². The van der Waals surface area contributed by atoms with Crippen LogP contribution >= 0.6 is 0 Å². The Morgan fingerprint density at radius 2 is 1.85 bits per heavy atom. The van der Waals surface area contributed by atoms with Crippen LogP contribution in [0.5, 0.6) is 0 Å². The normalized spacial score (nSPS) is 11.5. The third-order valence-corrected chi connectivity index (χ3v) is 4.43. The highest BCUT2D eigenvalue weighted by atomic mass is 19.1. The molecule has 0 fully saturated rings. The van der Waals surface area contributed by atoms with E-state index in [-0.39, 0.29) is 11.0 Å². The fraction of sp³-hybridized carbons (Fsp3) is 0.227. The van der Waals surface area contributed by atoms with Crippen LogP contribution in [0.25, 0.3) is 11.3 Å². The summed E-state index contributed by atoms with van der Waals surface area (Å²) in [6, 6.07) is 13.4. The van der Waals surface area contributed by atoms with Crippen molar-refractivity contribution in [1.82, 2.24) is 9.55 Å². The zero-order chi connectivity index (χ0) is 18.7. The second kappa shape index (κ2) is 7.24. The first-order valence-electron chi connectivity index (χ1n) is 8.57. The van der Waals surface area contributed by atoms with Gasteiger partial charge in [0.2, 0.25) is 0 Å². The van der Waals surface area contributed by atoms with E-state index in [9.17, 15) is 8.78 Å². The van der Waals surface area contributed by atoms with Gasteiger partial charge in [-0.3, -0.25) is 0 Å². The summed E-state index contributed by atoms with van der Waals surface area (Å²) in [5.41, 5.74) is 1.58. The Balaban J connectivity index is 2.04. The predicted octanol–water partition coefficient (Wildman–Crippen LogP) is 5.63. The third kappa shape index (κ3) is 4.07. The van der Waals surface area contributed by atoms with Crippen molar-refractivity contribution in [2.45, 2.75) is 26.8 Å². The molecule has 4 heteroatoms. The Hall–Kier alpha value is -2.75. The van der Waals surface area contributed by atoms with Crippen LogP contribution in [0.1, 0.15) is 25.2 Å². The minimum Gasteiger partial charge on any atom is -0.330 e. The van der Waals surface area contributed by atoms with Crippen molar-refractivity contribution < 1.29 is 8.78 Å². The molecule has 0 amide bonds. The predicted molar refractivity (Wildman–Crippen MR) is 101 cm³/mol. The van der Waals surface area contributed by atoms with E-state index >= 15 is 0 Å². The van der Waals surface area contributed by atoms with E-state index in [1.165, 1.54) is 6.07 Å². The number of benzene rings is 2. The fourth-order valence-electron chi connectivity index (χ4n) is 2.82. The van der Waals surface area contributed by atoms with E-state index in [4.69, 9.17) is 0 Å². The number of rotatable bonds is 6. The summed E-state index contributed by atoms with van der Waals surface area (Å²) in [6.07, 6.45) is 4.33. The van der Waals surface area contributed by atoms with Crippen LogP contribution in [0.2, 0.25) is 0 Å². The lowest BCUT2D eigenvalue weighted by molar-refractivity contribution is 0.454. The van der Waals surface area contributed by atoms with Gasteiger partial charge in [-0.15, -0.1) is 6.58 Å². The van der Waals surface area contributed by atoms with Gasteiger partial charge in [0.1, 0.15) is 17.5 Å². The number of nitrogens with zero attached hydrogens (tertiary/aromatic N) is 2. The SMILES string of the molecule is C=CC(C)(C)Cc1nc(-c2cc(F)ccc2F)cn1Cc1ccccc1. The smallest absolute Gasteiger partial charge is 0.132 e. The summed E-state index contributed by atoms with van der Waals surface area (Å²) in [4.78, 5) is 4.62. The second-order valence-corrected chi connectivity index (χ2v) is 7.15. The van der Waals surface area contributed by atoms with Crippen LogP contribution in [0.3, 0.4) is 0 Å². The first kappa shape index (κ1) is 18.1. The number of aromatic nitrogens is 2. The largest absolute Gasteiger partial charge is 0.330 e. The molecule has 0 aliphatic rings. The van der Waals surface area contributed by atoms with Gasteiger partial charge in [0.15, 0.2) is 0 Å². The van der Waals surface area contributed by atoms with E-state index in [1.54, 1.807) is 6.20 Å². The molecule has 0 atom stereocenters. The first-order chi connectivity index (χ1) is 12.4. The van der Waals surface area contributed by atoms with E-state index in [2.05, 4.69) is 25.4 Å². The van der Waals surface area contributed by atoms with Crippen molar-refractivity contribution in [3.8, 4) is 11.3 Å². The molecule has 1 aromatic heterocycles. The van der Waals surface area contributed by atoms with Gasteiger partial charge in [0.25, 0.3) is 0 Å². The van der Waals surface area contributed by atoms with Gasteiger partial charge in [0.05, 0.1) is 5.69 Å². The summed E-state index contributed by atoms with van der Waals surface area (Å²) < 4.78 is 29.8. The zero-order valence-corrected chi connectivity index (χ0v) is 15.0. The van der Waals surface area contributed by atoms with Crippen molar-refractivity contribution in [1.29, 1.82) is 0 Å². The molecule has 0 radical (unpaired) electrons. The summed E-state index contributed by atoms with van der Waals surface area (Å²) in [7, 11) is 0. The Kier molecular flexibility index (Phi) is 5.03. The molecular weight excluding hydrogens is 330 g/mol. The molecule has 0 aliphatic carbocycles. The number of allylic oxidation sites excluding steroid dienone is 1. The molecule has 0 spiro atoms. The maximum Gasteiger partial charge on any atom is 0.132 e. The molecule has 0 N–H and O–H groups in total. The average molecular weight is 352 g/mol. The number of imidazole rings is 1. The molecule has 3 aromatic rings. The van der Waals surface area contributed by atoms with Crippen LogP contribution in [-0.4, -0.2) is 9.55 Å². The number of halogens is 2. The Bertz CT molecular complexity index is 911. The van der Waals surface area contributed by atoms with Crippen LogP contribution in [0.15, 0.2) is 67.4 Å². The minimum atomic E-state index is -0.481. The Morgan fingerprint density at radius 1 is 1.12 bits per heavy atom. The first-order valence-corrected chi connectivity index (χ1v) is 8.57. The van der Waals surface area contributed by atoms with Gasteiger partial charge in [-0.05, 0) is 29.2 Å². The zero-order valence-electron chi connectivity index (χ0n) is 15.0. The van der Waals surface area contributed by atoms with E-state index in [1.807, 2.05) is 41.0 Å². The van der Waals surface area contributed by atoms with Crippen molar-refractivity contribution in [2.24, 2.45) is 5.41 Å². The number of hydrogen-bond acceptors (Lipinski definition) is 1. The van der Waals surface area contributed by atoms with Gasteiger partial charge in [-0.1, -0.05) is 50.3 Å². The molecular formula is C22H22F2N2. The molecule has 3 rings (SSSR count). The molecule has 134 valence electrons. The lowest BCUT2D eigenvalue weighted by Gasteiger charge is -2.19. The molecule has 2 aromatic carbocycles. The van der Waals surface area contributed by atoms with Gasteiger partial charge >= 0.3 is 0 Å². The van der Waals surface area contributed by atoms with Crippen LogP contribution in [-0.2, 0) is 13.0 Å². The summed E-state index contributed by atoms with van der Waals surface area (Å²) in [6.45, 7) is 8.65. The fourth-order valence-corrected chi connectivity index (χ4v) is 2.82. The lowest BCUT2D eigenvalue weighted by Crippen LogP contribution is -2.15. The third-order valence-electron chi connectivity index (χ3n) is 4.43. The highest BCUT2D eigenvalue weighted by Crippen LogP contribution is 2.28. The van der Waals surface area contributed by atoms with Crippen molar-refractivity contribution in [3.05, 3.63) is 90.4 Å². The van der Waals surface area contributed by atoms with Gasteiger partial charge < -0.3 is 4.57 Å². The lowest BCUT2D eigenvalue weighted by atomic mass is 9.89. The molecule has 0 aliphatic heterocycles. The minimum absolute atomic E-state index is 0.155. The monoisotopic (exact) mass is 352 g/mol. The molecule has 1 heterocycles. The highest BCUT2D eigenvalue weighted by molar-refractivity contribution is 5.59. The Labute approximate surface area is 152 Å².